The monoisotopic (exact) mass is 319 g/mol. The number of hydrogen-bond donors (Lipinski definition) is 0. The predicted octanol–water partition coefficient (Wildman–Crippen LogP) is 3.38. The largest absolute Gasteiger partial charge is 0.465 e. The normalized spacial score (nSPS) is 10.5. The number of hydrogen-bond acceptors (Lipinski definition) is 4. The maximum Gasteiger partial charge on any atom is 0.339 e. The van der Waals surface area contributed by atoms with Crippen LogP contribution in [0.15, 0.2) is 60.8 Å². The lowest BCUT2D eigenvalue weighted by Gasteiger charge is -2.05. The Hall–Kier alpha value is -3.01. The zero-order valence-corrected chi connectivity index (χ0v) is 13.4. The third-order valence-corrected chi connectivity index (χ3v) is 3.81. The van der Waals surface area contributed by atoms with E-state index < -0.39 is 5.97 Å². The summed E-state index contributed by atoms with van der Waals surface area (Å²) in [6.07, 6.45) is 2.26. The van der Waals surface area contributed by atoms with Gasteiger partial charge < -0.3 is 4.74 Å². The smallest absolute Gasteiger partial charge is 0.339 e. The van der Waals surface area contributed by atoms with Crippen molar-refractivity contribution in [2.75, 3.05) is 7.11 Å². The van der Waals surface area contributed by atoms with Gasteiger partial charge in [0.25, 0.3) is 0 Å². The van der Waals surface area contributed by atoms with E-state index in [1.165, 1.54) is 13.3 Å². The highest BCUT2D eigenvalue weighted by Crippen LogP contribution is 2.17. The van der Waals surface area contributed by atoms with E-state index in [1.54, 1.807) is 6.07 Å². The van der Waals surface area contributed by atoms with E-state index in [1.807, 2.05) is 48.5 Å². The Kier molecular flexibility index (Phi) is 4.66. The number of carbonyl (C=O) groups is 2. The van der Waals surface area contributed by atoms with Gasteiger partial charge in [0.2, 0.25) is 0 Å². The molecule has 0 fully saturated rings. The minimum absolute atomic E-state index is 0.151. The minimum Gasteiger partial charge on any atom is -0.465 e. The fraction of sp³-hybridized carbons (Fsp3) is 0.150. The molecular weight excluding hydrogens is 302 g/mol. The maximum atomic E-state index is 12.2. The SMILES string of the molecule is COC(=O)c1cnc2ccc(CC(=O)Cc3ccccc3)cc2c1. The van der Waals surface area contributed by atoms with Crippen molar-refractivity contribution in [1.82, 2.24) is 4.98 Å². The van der Waals surface area contributed by atoms with Gasteiger partial charge in [-0.25, -0.2) is 4.79 Å². The summed E-state index contributed by atoms with van der Waals surface area (Å²) in [5.41, 5.74) is 3.10. The van der Waals surface area contributed by atoms with Gasteiger partial charge in [-0.05, 0) is 29.3 Å². The average Bonchev–Trinajstić information content (AvgIpc) is 2.61. The van der Waals surface area contributed by atoms with Crippen LogP contribution in [0, 0.1) is 0 Å². The molecule has 1 aromatic heterocycles. The first-order valence-electron chi connectivity index (χ1n) is 7.68. The molecule has 1 heterocycles. The van der Waals surface area contributed by atoms with Crippen molar-refractivity contribution in [3.05, 3.63) is 77.5 Å². The van der Waals surface area contributed by atoms with E-state index in [-0.39, 0.29) is 5.78 Å². The van der Waals surface area contributed by atoms with Crippen LogP contribution in [0.5, 0.6) is 0 Å². The highest BCUT2D eigenvalue weighted by molar-refractivity contribution is 5.94. The molecule has 3 rings (SSSR count). The molecule has 0 atom stereocenters. The molecule has 120 valence electrons. The van der Waals surface area contributed by atoms with Gasteiger partial charge in [-0.1, -0.05) is 36.4 Å². The van der Waals surface area contributed by atoms with E-state index in [0.717, 1.165) is 22.0 Å². The van der Waals surface area contributed by atoms with Crippen LogP contribution in [0.1, 0.15) is 21.5 Å². The molecule has 0 aliphatic rings. The topological polar surface area (TPSA) is 56.3 Å². The van der Waals surface area contributed by atoms with Gasteiger partial charge in [0.15, 0.2) is 0 Å². The number of ketones is 1. The number of methoxy groups -OCH3 is 1. The molecule has 4 nitrogen and oxygen atoms in total. The van der Waals surface area contributed by atoms with E-state index >= 15 is 0 Å². The van der Waals surface area contributed by atoms with Crippen LogP contribution >= 0.6 is 0 Å². The number of rotatable bonds is 5. The Balaban J connectivity index is 1.79. The summed E-state index contributed by atoms with van der Waals surface area (Å²) in [5, 5.41) is 0.822. The second kappa shape index (κ2) is 7.04. The van der Waals surface area contributed by atoms with Crippen molar-refractivity contribution in [2.45, 2.75) is 12.8 Å². The molecule has 2 aromatic carbocycles. The molecule has 4 heteroatoms. The first-order valence-corrected chi connectivity index (χ1v) is 7.68. The summed E-state index contributed by atoms with van der Waals surface area (Å²) >= 11 is 0. The molecule has 0 saturated carbocycles. The zero-order valence-electron chi connectivity index (χ0n) is 13.4. The quantitative estimate of drug-likeness (QED) is 0.677. The molecule has 0 N–H and O–H groups in total. The third kappa shape index (κ3) is 3.66. The first-order chi connectivity index (χ1) is 11.7. The van der Waals surface area contributed by atoms with E-state index in [0.29, 0.717) is 18.4 Å². The Morgan fingerprint density at radius 1 is 0.958 bits per heavy atom. The van der Waals surface area contributed by atoms with Crippen LogP contribution in [-0.2, 0) is 22.4 Å². The lowest BCUT2D eigenvalue weighted by atomic mass is 10.0. The Morgan fingerprint density at radius 3 is 2.46 bits per heavy atom. The average molecular weight is 319 g/mol. The Morgan fingerprint density at radius 2 is 1.71 bits per heavy atom. The summed E-state index contributed by atoms with van der Waals surface area (Å²) in [5.74, 6) is -0.271. The molecule has 0 spiro atoms. The highest BCUT2D eigenvalue weighted by Gasteiger charge is 2.09. The molecular formula is C20H17NO3. The molecule has 3 aromatic rings. The number of benzene rings is 2. The van der Waals surface area contributed by atoms with Crippen LogP contribution in [0.3, 0.4) is 0 Å². The number of aromatic nitrogens is 1. The highest BCUT2D eigenvalue weighted by atomic mass is 16.5. The van der Waals surface area contributed by atoms with E-state index in [4.69, 9.17) is 4.74 Å². The number of esters is 1. The van der Waals surface area contributed by atoms with Crippen molar-refractivity contribution < 1.29 is 14.3 Å². The third-order valence-electron chi connectivity index (χ3n) is 3.81. The van der Waals surface area contributed by atoms with Gasteiger partial charge >= 0.3 is 5.97 Å². The number of fused-ring (bicyclic) bond motifs is 1. The van der Waals surface area contributed by atoms with Crippen LogP contribution < -0.4 is 0 Å². The van der Waals surface area contributed by atoms with Gasteiger partial charge in [0.1, 0.15) is 5.78 Å². The minimum atomic E-state index is -0.421. The second-order valence-electron chi connectivity index (χ2n) is 5.62. The summed E-state index contributed by atoms with van der Waals surface area (Å²) in [4.78, 5) is 28.1. The Labute approximate surface area is 140 Å². The maximum absolute atomic E-state index is 12.2. The number of nitrogens with zero attached hydrogens (tertiary/aromatic N) is 1. The van der Waals surface area contributed by atoms with Crippen molar-refractivity contribution in [2.24, 2.45) is 0 Å². The summed E-state index contributed by atoms with van der Waals surface area (Å²) in [7, 11) is 1.34. The fourth-order valence-corrected chi connectivity index (χ4v) is 2.63. The van der Waals surface area contributed by atoms with Crippen LogP contribution in [0.4, 0.5) is 0 Å². The van der Waals surface area contributed by atoms with Crippen LogP contribution in [0.2, 0.25) is 0 Å². The van der Waals surface area contributed by atoms with Gasteiger partial charge in [-0.15, -0.1) is 0 Å². The summed E-state index contributed by atoms with van der Waals surface area (Å²) < 4.78 is 4.71. The summed E-state index contributed by atoms with van der Waals surface area (Å²) in [6, 6.07) is 17.1. The molecule has 24 heavy (non-hydrogen) atoms. The molecule has 0 amide bonds. The number of carbonyl (C=O) groups excluding carboxylic acids is 2. The van der Waals surface area contributed by atoms with Gasteiger partial charge in [-0.2, -0.15) is 0 Å². The van der Waals surface area contributed by atoms with Crippen LogP contribution in [-0.4, -0.2) is 23.8 Å². The van der Waals surface area contributed by atoms with Gasteiger partial charge in [0.05, 0.1) is 18.2 Å². The predicted molar refractivity (Wildman–Crippen MR) is 91.9 cm³/mol. The van der Waals surface area contributed by atoms with Crippen molar-refractivity contribution in [3.8, 4) is 0 Å². The van der Waals surface area contributed by atoms with Crippen LogP contribution in [0.25, 0.3) is 10.9 Å². The summed E-state index contributed by atoms with van der Waals surface area (Å²) in [6.45, 7) is 0. The fourth-order valence-electron chi connectivity index (χ4n) is 2.63. The zero-order chi connectivity index (χ0) is 16.9. The molecule has 0 aliphatic carbocycles. The van der Waals surface area contributed by atoms with Crippen molar-refractivity contribution >= 4 is 22.7 Å². The second-order valence-corrected chi connectivity index (χ2v) is 5.62. The standard InChI is InChI=1S/C20H17NO3/c1-24-20(23)17-12-16-9-15(7-8-19(16)21-13-17)11-18(22)10-14-5-3-2-4-6-14/h2-9,12-13H,10-11H2,1H3. The van der Waals surface area contributed by atoms with E-state index in [2.05, 4.69) is 4.98 Å². The molecule has 0 saturated heterocycles. The van der Waals surface area contributed by atoms with Gasteiger partial charge in [-0.3, -0.25) is 9.78 Å². The molecule has 0 radical (unpaired) electrons. The van der Waals surface area contributed by atoms with Gasteiger partial charge in [0, 0.05) is 24.4 Å². The van der Waals surface area contributed by atoms with Crippen molar-refractivity contribution in [3.63, 3.8) is 0 Å². The van der Waals surface area contributed by atoms with E-state index in [9.17, 15) is 9.59 Å². The Bertz CT molecular complexity index is 888. The molecule has 0 aliphatic heterocycles. The number of ether oxygens (including phenoxy) is 1. The van der Waals surface area contributed by atoms with Crippen molar-refractivity contribution in [1.29, 1.82) is 0 Å². The molecule has 0 unspecified atom stereocenters. The first kappa shape index (κ1) is 15.9. The number of pyridine rings is 1. The lowest BCUT2D eigenvalue weighted by molar-refractivity contribution is -0.117. The number of Topliss-reactive ketones (excluding diaryl/α,β-unsaturated/α-hetero) is 1. The lowest BCUT2D eigenvalue weighted by Crippen LogP contribution is -2.06. The molecule has 0 bridgehead atoms.